The Morgan fingerprint density at radius 1 is 1.09 bits per heavy atom. The summed E-state index contributed by atoms with van der Waals surface area (Å²) in [5, 5.41) is 6.54. The van der Waals surface area contributed by atoms with Crippen LogP contribution in [0.15, 0.2) is 29.3 Å². The van der Waals surface area contributed by atoms with Crippen molar-refractivity contribution in [2.75, 3.05) is 33.2 Å². The van der Waals surface area contributed by atoms with Gasteiger partial charge < -0.3 is 15.5 Å². The number of unbranched alkanes of at least 4 members (excludes halogenated alkanes) is 1. The Labute approximate surface area is 157 Å². The molecule has 0 aliphatic carbocycles. The van der Waals surface area contributed by atoms with Crippen LogP contribution in [-0.2, 0) is 6.54 Å². The molecule has 6 heteroatoms. The SMILES string of the molecule is CCN(CC)CCCCNC(=NC)NCc1ccc(F)cc1.I. The summed E-state index contributed by atoms with van der Waals surface area (Å²) in [4.78, 5) is 6.63. The molecule has 23 heavy (non-hydrogen) atoms. The van der Waals surface area contributed by atoms with Gasteiger partial charge in [0.2, 0.25) is 0 Å². The number of hydrogen-bond acceptors (Lipinski definition) is 2. The van der Waals surface area contributed by atoms with Crippen LogP contribution in [-0.4, -0.2) is 44.1 Å². The molecule has 0 amide bonds. The minimum Gasteiger partial charge on any atom is -0.356 e. The molecule has 0 atom stereocenters. The average Bonchev–Trinajstić information content (AvgIpc) is 2.55. The van der Waals surface area contributed by atoms with Crippen molar-refractivity contribution in [2.24, 2.45) is 4.99 Å². The Bertz CT molecular complexity index is 433. The van der Waals surface area contributed by atoms with Crippen LogP contribution in [0, 0.1) is 5.82 Å². The highest BCUT2D eigenvalue weighted by Crippen LogP contribution is 2.01. The lowest BCUT2D eigenvalue weighted by molar-refractivity contribution is 0.297. The molecule has 1 aromatic carbocycles. The molecule has 1 rings (SSSR count). The number of hydrogen-bond donors (Lipinski definition) is 2. The summed E-state index contributed by atoms with van der Waals surface area (Å²) in [7, 11) is 1.76. The Kier molecular flexibility index (Phi) is 13.0. The van der Waals surface area contributed by atoms with E-state index < -0.39 is 0 Å². The summed E-state index contributed by atoms with van der Waals surface area (Å²) in [6, 6.07) is 6.50. The molecule has 0 aliphatic rings. The van der Waals surface area contributed by atoms with Crippen LogP contribution in [0.25, 0.3) is 0 Å². The second-order valence-electron chi connectivity index (χ2n) is 5.21. The maximum Gasteiger partial charge on any atom is 0.191 e. The van der Waals surface area contributed by atoms with Gasteiger partial charge in [0.15, 0.2) is 5.96 Å². The lowest BCUT2D eigenvalue weighted by Gasteiger charge is -2.18. The fourth-order valence-corrected chi connectivity index (χ4v) is 2.22. The van der Waals surface area contributed by atoms with Gasteiger partial charge in [-0.3, -0.25) is 4.99 Å². The summed E-state index contributed by atoms with van der Waals surface area (Å²) >= 11 is 0. The minimum atomic E-state index is -0.209. The fourth-order valence-electron chi connectivity index (χ4n) is 2.22. The number of nitrogens with zero attached hydrogens (tertiary/aromatic N) is 2. The third-order valence-electron chi connectivity index (χ3n) is 3.68. The first kappa shape index (κ1) is 22.1. The van der Waals surface area contributed by atoms with Gasteiger partial charge in [0.25, 0.3) is 0 Å². The third kappa shape index (κ3) is 9.76. The number of guanidine groups is 1. The van der Waals surface area contributed by atoms with Gasteiger partial charge in [0.05, 0.1) is 0 Å². The van der Waals surface area contributed by atoms with E-state index in [9.17, 15) is 4.39 Å². The van der Waals surface area contributed by atoms with Gasteiger partial charge in [-0.15, -0.1) is 24.0 Å². The molecule has 0 spiro atoms. The van der Waals surface area contributed by atoms with E-state index in [4.69, 9.17) is 0 Å². The van der Waals surface area contributed by atoms with Crippen LogP contribution in [0.4, 0.5) is 4.39 Å². The van der Waals surface area contributed by atoms with Crippen molar-refractivity contribution in [3.05, 3.63) is 35.6 Å². The second-order valence-corrected chi connectivity index (χ2v) is 5.21. The Hall–Kier alpha value is -0.890. The normalized spacial score (nSPS) is 11.3. The molecule has 2 N–H and O–H groups in total. The van der Waals surface area contributed by atoms with Crippen molar-refractivity contribution in [1.82, 2.24) is 15.5 Å². The van der Waals surface area contributed by atoms with Crippen molar-refractivity contribution in [3.63, 3.8) is 0 Å². The number of aliphatic imine (C=N–C) groups is 1. The zero-order valence-electron chi connectivity index (χ0n) is 14.4. The van der Waals surface area contributed by atoms with Gasteiger partial charge in [-0.05, 0) is 50.2 Å². The number of rotatable bonds is 9. The van der Waals surface area contributed by atoms with Crippen LogP contribution in [0.5, 0.6) is 0 Å². The monoisotopic (exact) mass is 436 g/mol. The summed E-state index contributed by atoms with van der Waals surface area (Å²) < 4.78 is 12.8. The predicted molar refractivity (Wildman–Crippen MR) is 107 cm³/mol. The quantitative estimate of drug-likeness (QED) is 0.270. The molecule has 0 unspecified atom stereocenters. The van der Waals surface area contributed by atoms with Gasteiger partial charge in [-0.1, -0.05) is 26.0 Å². The van der Waals surface area contributed by atoms with E-state index in [2.05, 4.69) is 34.4 Å². The molecule has 132 valence electrons. The van der Waals surface area contributed by atoms with Crippen LogP contribution in [0.3, 0.4) is 0 Å². The highest BCUT2D eigenvalue weighted by molar-refractivity contribution is 14.0. The Balaban J connectivity index is 0.00000484. The summed E-state index contributed by atoms with van der Waals surface area (Å²) in [5.41, 5.74) is 1.03. The molecule has 0 heterocycles. The number of benzene rings is 1. The summed E-state index contributed by atoms with van der Waals surface area (Å²) in [6.07, 6.45) is 2.30. The largest absolute Gasteiger partial charge is 0.356 e. The third-order valence-corrected chi connectivity index (χ3v) is 3.68. The molecule has 4 nitrogen and oxygen atoms in total. The maximum atomic E-state index is 12.8. The average molecular weight is 436 g/mol. The minimum absolute atomic E-state index is 0. The highest BCUT2D eigenvalue weighted by atomic mass is 127. The first-order chi connectivity index (χ1) is 10.7. The molecule has 0 bridgehead atoms. The number of nitrogens with one attached hydrogen (secondary N) is 2. The molecular formula is C17H30FIN4. The molecule has 0 saturated carbocycles. The molecule has 1 aromatic rings. The zero-order chi connectivity index (χ0) is 16.2. The predicted octanol–water partition coefficient (Wildman–Crippen LogP) is 3.23. The van der Waals surface area contributed by atoms with Gasteiger partial charge in [-0.25, -0.2) is 4.39 Å². The van der Waals surface area contributed by atoms with Crippen molar-refractivity contribution < 1.29 is 4.39 Å². The molecular weight excluding hydrogens is 406 g/mol. The van der Waals surface area contributed by atoms with E-state index in [0.717, 1.165) is 44.1 Å². The van der Waals surface area contributed by atoms with Crippen molar-refractivity contribution in [2.45, 2.75) is 33.2 Å². The standard InChI is InChI=1S/C17H29FN4.HI/c1-4-22(5-2)13-7-6-12-20-17(19-3)21-14-15-8-10-16(18)11-9-15;/h8-11H,4-7,12-14H2,1-3H3,(H2,19,20,21);1H. The molecule has 0 aromatic heterocycles. The van der Waals surface area contributed by atoms with Gasteiger partial charge in [0.1, 0.15) is 5.82 Å². The van der Waals surface area contributed by atoms with Gasteiger partial charge in [0, 0.05) is 20.1 Å². The fraction of sp³-hybridized carbons (Fsp3) is 0.588. The van der Waals surface area contributed by atoms with Crippen molar-refractivity contribution in [3.8, 4) is 0 Å². The Morgan fingerprint density at radius 3 is 2.30 bits per heavy atom. The molecule has 0 fully saturated rings. The van der Waals surface area contributed by atoms with Crippen LogP contribution >= 0.6 is 24.0 Å². The second kappa shape index (κ2) is 13.5. The molecule has 0 saturated heterocycles. The first-order valence-corrected chi connectivity index (χ1v) is 8.10. The van der Waals surface area contributed by atoms with E-state index in [1.54, 1.807) is 19.2 Å². The van der Waals surface area contributed by atoms with Gasteiger partial charge in [-0.2, -0.15) is 0 Å². The smallest absolute Gasteiger partial charge is 0.191 e. The van der Waals surface area contributed by atoms with E-state index in [1.807, 2.05) is 0 Å². The van der Waals surface area contributed by atoms with Crippen LogP contribution < -0.4 is 10.6 Å². The highest BCUT2D eigenvalue weighted by Gasteiger charge is 2.00. The van der Waals surface area contributed by atoms with Gasteiger partial charge >= 0.3 is 0 Å². The van der Waals surface area contributed by atoms with E-state index >= 15 is 0 Å². The number of halogens is 2. The molecule has 0 radical (unpaired) electrons. The van der Waals surface area contributed by atoms with E-state index in [-0.39, 0.29) is 29.8 Å². The van der Waals surface area contributed by atoms with E-state index in [0.29, 0.717) is 6.54 Å². The van der Waals surface area contributed by atoms with Crippen molar-refractivity contribution in [1.29, 1.82) is 0 Å². The molecule has 0 aliphatic heterocycles. The summed E-state index contributed by atoms with van der Waals surface area (Å²) in [6.45, 7) is 9.32. The first-order valence-electron chi connectivity index (χ1n) is 8.10. The Morgan fingerprint density at radius 2 is 1.74 bits per heavy atom. The van der Waals surface area contributed by atoms with Crippen LogP contribution in [0.1, 0.15) is 32.3 Å². The topological polar surface area (TPSA) is 39.7 Å². The lowest BCUT2D eigenvalue weighted by atomic mass is 10.2. The van der Waals surface area contributed by atoms with E-state index in [1.165, 1.54) is 18.6 Å². The summed E-state index contributed by atoms with van der Waals surface area (Å²) in [5.74, 6) is 0.576. The van der Waals surface area contributed by atoms with Crippen LogP contribution in [0.2, 0.25) is 0 Å². The lowest BCUT2D eigenvalue weighted by Crippen LogP contribution is -2.37. The zero-order valence-corrected chi connectivity index (χ0v) is 16.8. The maximum absolute atomic E-state index is 12.8. The van der Waals surface area contributed by atoms with Crippen molar-refractivity contribution >= 4 is 29.9 Å².